The van der Waals surface area contributed by atoms with Gasteiger partial charge in [0.25, 0.3) is 0 Å². The summed E-state index contributed by atoms with van der Waals surface area (Å²) in [5, 5.41) is 1.07. The Morgan fingerprint density at radius 2 is 2.21 bits per heavy atom. The van der Waals surface area contributed by atoms with Gasteiger partial charge in [-0.15, -0.1) is 11.8 Å². The lowest BCUT2D eigenvalue weighted by atomic mass is 10.3. The van der Waals surface area contributed by atoms with Crippen molar-refractivity contribution < 1.29 is 4.55 Å². The maximum Gasteiger partial charge on any atom is 0.178 e. The fraction of sp³-hybridized carbons (Fsp3) is 0.300. The van der Waals surface area contributed by atoms with E-state index in [0.717, 1.165) is 22.0 Å². The van der Waals surface area contributed by atoms with Crippen LogP contribution in [0.4, 0.5) is 5.69 Å². The van der Waals surface area contributed by atoms with Crippen molar-refractivity contribution in [3.63, 3.8) is 0 Å². The Morgan fingerprint density at radius 1 is 1.43 bits per heavy atom. The van der Waals surface area contributed by atoms with Gasteiger partial charge < -0.3 is 4.55 Å². The van der Waals surface area contributed by atoms with E-state index in [0.29, 0.717) is 5.75 Å². The SMILES string of the molecule is CSC1=Nc2ccccc2[S+]([O-])CC1. The molecule has 0 radical (unpaired) electrons. The summed E-state index contributed by atoms with van der Waals surface area (Å²) in [5.41, 5.74) is 0.868. The Balaban J connectivity index is 2.45. The smallest absolute Gasteiger partial charge is 0.178 e. The summed E-state index contributed by atoms with van der Waals surface area (Å²) < 4.78 is 11.8. The molecule has 0 N–H and O–H groups in total. The highest BCUT2D eigenvalue weighted by Crippen LogP contribution is 2.29. The highest BCUT2D eigenvalue weighted by molar-refractivity contribution is 8.13. The third kappa shape index (κ3) is 1.97. The molecule has 74 valence electrons. The van der Waals surface area contributed by atoms with E-state index in [-0.39, 0.29) is 0 Å². The minimum absolute atomic E-state index is 0.691. The van der Waals surface area contributed by atoms with E-state index < -0.39 is 11.2 Å². The van der Waals surface area contributed by atoms with Gasteiger partial charge in [-0.25, -0.2) is 4.99 Å². The number of aliphatic imine (C=N–C) groups is 1. The van der Waals surface area contributed by atoms with E-state index in [2.05, 4.69) is 4.99 Å². The second-order valence-corrected chi connectivity index (χ2v) is 5.40. The van der Waals surface area contributed by atoms with Crippen molar-refractivity contribution in [1.29, 1.82) is 0 Å². The number of benzene rings is 1. The van der Waals surface area contributed by atoms with Crippen LogP contribution >= 0.6 is 11.8 Å². The molecule has 4 heteroatoms. The summed E-state index contributed by atoms with van der Waals surface area (Å²) >= 11 is 0.758. The van der Waals surface area contributed by atoms with Gasteiger partial charge >= 0.3 is 0 Å². The minimum atomic E-state index is -0.883. The molecule has 0 saturated heterocycles. The molecule has 0 saturated carbocycles. The van der Waals surface area contributed by atoms with E-state index in [1.54, 1.807) is 11.8 Å². The molecule has 1 aromatic rings. The third-order valence-corrected chi connectivity index (χ3v) is 4.27. The van der Waals surface area contributed by atoms with Crippen molar-refractivity contribution in [3.05, 3.63) is 24.3 Å². The fourth-order valence-electron chi connectivity index (χ4n) is 1.37. The average molecular weight is 225 g/mol. The minimum Gasteiger partial charge on any atom is -0.611 e. The molecule has 0 amide bonds. The Kier molecular flexibility index (Phi) is 3.15. The zero-order valence-corrected chi connectivity index (χ0v) is 9.53. The van der Waals surface area contributed by atoms with Gasteiger partial charge in [-0.05, 0) is 29.6 Å². The first-order valence-corrected chi connectivity index (χ1v) is 6.94. The van der Waals surface area contributed by atoms with Gasteiger partial charge in [0.1, 0.15) is 11.4 Å². The van der Waals surface area contributed by atoms with Gasteiger partial charge in [0.15, 0.2) is 4.90 Å². The molecule has 1 aliphatic rings. The molecular weight excluding hydrogens is 214 g/mol. The lowest BCUT2D eigenvalue weighted by Crippen LogP contribution is -2.07. The van der Waals surface area contributed by atoms with Crippen LogP contribution in [0.25, 0.3) is 0 Å². The summed E-state index contributed by atoms with van der Waals surface area (Å²) in [6.07, 6.45) is 2.83. The molecule has 0 bridgehead atoms. The summed E-state index contributed by atoms with van der Waals surface area (Å²) in [5.74, 6) is 0.691. The van der Waals surface area contributed by atoms with Gasteiger partial charge in [-0.2, -0.15) is 0 Å². The number of nitrogens with zero attached hydrogens (tertiary/aromatic N) is 1. The van der Waals surface area contributed by atoms with E-state index in [4.69, 9.17) is 0 Å². The summed E-state index contributed by atoms with van der Waals surface area (Å²) in [6.45, 7) is 0. The maximum absolute atomic E-state index is 11.8. The normalized spacial score (nSPS) is 21.0. The van der Waals surface area contributed by atoms with E-state index in [1.807, 2.05) is 30.5 Å². The molecule has 0 aliphatic carbocycles. The molecule has 14 heavy (non-hydrogen) atoms. The van der Waals surface area contributed by atoms with E-state index in [9.17, 15) is 4.55 Å². The number of para-hydroxylation sites is 1. The molecule has 0 fully saturated rings. The topological polar surface area (TPSA) is 35.4 Å². The monoisotopic (exact) mass is 225 g/mol. The Bertz CT molecular complexity index is 365. The van der Waals surface area contributed by atoms with Crippen LogP contribution in [-0.4, -0.2) is 21.6 Å². The largest absolute Gasteiger partial charge is 0.611 e. The van der Waals surface area contributed by atoms with Crippen LogP contribution in [0.15, 0.2) is 34.2 Å². The molecular formula is C10H11NOS2. The molecule has 1 unspecified atom stereocenters. The van der Waals surface area contributed by atoms with E-state index >= 15 is 0 Å². The van der Waals surface area contributed by atoms with Crippen LogP contribution in [-0.2, 0) is 11.2 Å². The first-order chi connectivity index (χ1) is 6.81. The number of hydrogen-bond acceptors (Lipinski definition) is 3. The van der Waals surface area contributed by atoms with Crippen molar-refractivity contribution in [1.82, 2.24) is 0 Å². The van der Waals surface area contributed by atoms with Crippen LogP contribution in [0.3, 0.4) is 0 Å². The number of thioether (sulfide) groups is 1. The second kappa shape index (κ2) is 4.38. The quantitative estimate of drug-likeness (QED) is 0.636. The standard InChI is InChI=1S/C10H11NOS2/c1-13-10-6-7-14(12)9-5-3-2-4-8(9)11-10/h2-5H,6-7H2,1H3. The van der Waals surface area contributed by atoms with Crippen molar-refractivity contribution in [2.75, 3.05) is 12.0 Å². The fourth-order valence-corrected chi connectivity index (χ4v) is 3.17. The number of fused-ring (bicyclic) bond motifs is 1. The zero-order valence-electron chi connectivity index (χ0n) is 7.90. The molecule has 2 nitrogen and oxygen atoms in total. The lowest BCUT2D eigenvalue weighted by molar-refractivity contribution is 0.596. The second-order valence-electron chi connectivity index (χ2n) is 2.98. The molecule has 1 heterocycles. The molecule has 1 aliphatic heterocycles. The molecule has 0 spiro atoms. The molecule has 0 aromatic heterocycles. The highest BCUT2D eigenvalue weighted by atomic mass is 32.2. The predicted molar refractivity (Wildman–Crippen MR) is 62.9 cm³/mol. The summed E-state index contributed by atoms with van der Waals surface area (Å²) in [6, 6.07) is 7.67. The van der Waals surface area contributed by atoms with Gasteiger partial charge in [-0.1, -0.05) is 12.1 Å². The van der Waals surface area contributed by atoms with Crippen LogP contribution in [0, 0.1) is 0 Å². The van der Waals surface area contributed by atoms with Crippen LogP contribution in [0.2, 0.25) is 0 Å². The van der Waals surface area contributed by atoms with Crippen LogP contribution in [0.1, 0.15) is 6.42 Å². The Labute approximate surface area is 91.0 Å². The van der Waals surface area contributed by atoms with Gasteiger partial charge in [0.2, 0.25) is 0 Å². The first-order valence-electron chi connectivity index (χ1n) is 4.40. The zero-order chi connectivity index (χ0) is 9.97. The average Bonchev–Trinajstić information content (AvgIpc) is 2.39. The summed E-state index contributed by atoms with van der Waals surface area (Å²) in [4.78, 5) is 5.37. The molecule has 2 rings (SSSR count). The Hall–Kier alpha value is -0.450. The van der Waals surface area contributed by atoms with Gasteiger partial charge in [0, 0.05) is 6.42 Å². The Morgan fingerprint density at radius 3 is 3.00 bits per heavy atom. The van der Waals surface area contributed by atoms with Crippen molar-refractivity contribution >= 4 is 33.7 Å². The lowest BCUT2D eigenvalue weighted by Gasteiger charge is -2.08. The van der Waals surface area contributed by atoms with Crippen molar-refractivity contribution in [3.8, 4) is 0 Å². The first kappa shape index (κ1) is 10.1. The van der Waals surface area contributed by atoms with Crippen LogP contribution < -0.4 is 0 Å². The highest BCUT2D eigenvalue weighted by Gasteiger charge is 2.20. The van der Waals surface area contributed by atoms with Gasteiger partial charge in [0.05, 0.1) is 5.04 Å². The number of rotatable bonds is 0. The van der Waals surface area contributed by atoms with Crippen LogP contribution in [0.5, 0.6) is 0 Å². The number of hydrogen-bond donors (Lipinski definition) is 0. The van der Waals surface area contributed by atoms with Crippen molar-refractivity contribution in [2.24, 2.45) is 4.99 Å². The van der Waals surface area contributed by atoms with Crippen molar-refractivity contribution in [2.45, 2.75) is 11.3 Å². The maximum atomic E-state index is 11.8. The predicted octanol–water partition coefficient (Wildman–Crippen LogP) is 2.59. The van der Waals surface area contributed by atoms with Gasteiger partial charge in [-0.3, -0.25) is 0 Å². The molecule has 1 atom stereocenters. The van der Waals surface area contributed by atoms with E-state index in [1.165, 1.54) is 0 Å². The molecule has 1 aromatic carbocycles. The third-order valence-electron chi connectivity index (χ3n) is 2.09. The summed E-state index contributed by atoms with van der Waals surface area (Å²) in [7, 11) is 0.